The van der Waals surface area contributed by atoms with Crippen LogP contribution >= 0.6 is 63.7 Å². The Morgan fingerprint density at radius 1 is 0.650 bits per heavy atom. The highest BCUT2D eigenvalue weighted by Crippen LogP contribution is 2.47. The van der Waals surface area contributed by atoms with Crippen LogP contribution in [0.1, 0.15) is 22.3 Å². The standard InChI is InChI=1S/C16H14Br4/c1-7-5-8(2)9(3)11(6-7)12-13(17)10(4)14(18)16(20)15(12)19/h5-6H,1-4H3. The average molecular weight is 526 g/mol. The lowest BCUT2D eigenvalue weighted by Gasteiger charge is -2.18. The van der Waals surface area contributed by atoms with Crippen LogP contribution in [-0.2, 0) is 0 Å². The lowest BCUT2D eigenvalue weighted by molar-refractivity contribution is 1.28. The zero-order chi connectivity index (χ0) is 15.2. The number of hydrogen-bond donors (Lipinski definition) is 0. The quantitative estimate of drug-likeness (QED) is 0.265. The summed E-state index contributed by atoms with van der Waals surface area (Å²) >= 11 is 14.8. The van der Waals surface area contributed by atoms with Crippen molar-refractivity contribution in [3.8, 4) is 11.1 Å². The Morgan fingerprint density at radius 2 is 1.25 bits per heavy atom. The van der Waals surface area contributed by atoms with Crippen LogP contribution in [0, 0.1) is 27.7 Å². The first kappa shape index (κ1) is 16.7. The molecule has 0 aliphatic rings. The van der Waals surface area contributed by atoms with Gasteiger partial charge in [-0.25, -0.2) is 0 Å². The van der Waals surface area contributed by atoms with Crippen molar-refractivity contribution < 1.29 is 0 Å². The summed E-state index contributed by atoms with van der Waals surface area (Å²) < 4.78 is 4.30. The predicted molar refractivity (Wildman–Crippen MR) is 102 cm³/mol. The number of benzene rings is 2. The molecule has 0 radical (unpaired) electrons. The Kier molecular flexibility index (Phi) is 5.21. The molecule has 2 aromatic rings. The first-order valence-corrected chi connectivity index (χ1v) is 9.33. The molecular formula is C16H14Br4. The minimum atomic E-state index is 1.05. The molecule has 0 aliphatic heterocycles. The molecule has 0 N–H and O–H groups in total. The molecule has 0 unspecified atom stereocenters. The third kappa shape index (κ3) is 2.81. The van der Waals surface area contributed by atoms with Gasteiger partial charge in [0.25, 0.3) is 0 Å². The van der Waals surface area contributed by atoms with E-state index in [9.17, 15) is 0 Å². The fraction of sp³-hybridized carbons (Fsp3) is 0.250. The molecule has 0 fully saturated rings. The van der Waals surface area contributed by atoms with Crippen LogP contribution in [0.5, 0.6) is 0 Å². The van der Waals surface area contributed by atoms with Crippen LogP contribution < -0.4 is 0 Å². The molecule has 0 spiro atoms. The fourth-order valence-corrected chi connectivity index (χ4v) is 5.20. The second-order valence-electron chi connectivity index (χ2n) is 5.01. The molecule has 0 nitrogen and oxygen atoms in total. The number of halogens is 4. The molecule has 0 aliphatic carbocycles. The first-order chi connectivity index (χ1) is 9.25. The van der Waals surface area contributed by atoms with Gasteiger partial charge in [0.15, 0.2) is 0 Å². The molecule has 2 aromatic carbocycles. The maximum absolute atomic E-state index is 3.76. The van der Waals surface area contributed by atoms with Gasteiger partial charge >= 0.3 is 0 Å². The summed E-state index contributed by atoms with van der Waals surface area (Å²) in [6.07, 6.45) is 0. The van der Waals surface area contributed by atoms with Crippen molar-refractivity contribution in [1.29, 1.82) is 0 Å². The molecule has 4 heteroatoms. The minimum Gasteiger partial charge on any atom is -0.0561 e. The van der Waals surface area contributed by atoms with Crippen LogP contribution in [0.2, 0.25) is 0 Å². The van der Waals surface area contributed by atoms with E-state index in [1.807, 2.05) is 0 Å². The van der Waals surface area contributed by atoms with Gasteiger partial charge in [0, 0.05) is 23.5 Å². The van der Waals surface area contributed by atoms with Gasteiger partial charge in [0.05, 0.1) is 0 Å². The highest BCUT2D eigenvalue weighted by molar-refractivity contribution is 9.14. The maximum atomic E-state index is 3.76. The van der Waals surface area contributed by atoms with E-state index in [0.29, 0.717) is 0 Å². The second-order valence-corrected chi connectivity index (χ2v) is 8.18. The molecule has 106 valence electrons. The lowest BCUT2D eigenvalue weighted by Crippen LogP contribution is -1.95. The van der Waals surface area contributed by atoms with Gasteiger partial charge in [-0.05, 0) is 114 Å². The largest absolute Gasteiger partial charge is 0.0561 e. The van der Waals surface area contributed by atoms with E-state index >= 15 is 0 Å². The monoisotopic (exact) mass is 522 g/mol. The third-order valence-electron chi connectivity index (χ3n) is 3.56. The average Bonchev–Trinajstić information content (AvgIpc) is 2.39. The molecule has 0 bridgehead atoms. The molecular weight excluding hydrogens is 512 g/mol. The van der Waals surface area contributed by atoms with Gasteiger partial charge < -0.3 is 0 Å². The Morgan fingerprint density at radius 3 is 1.85 bits per heavy atom. The SMILES string of the molecule is Cc1cc(C)c(C)c(-c2c(Br)c(C)c(Br)c(Br)c2Br)c1. The third-order valence-corrected chi connectivity index (χ3v) is 8.20. The van der Waals surface area contributed by atoms with Crippen LogP contribution in [-0.4, -0.2) is 0 Å². The molecule has 20 heavy (non-hydrogen) atoms. The van der Waals surface area contributed by atoms with E-state index in [-0.39, 0.29) is 0 Å². The van der Waals surface area contributed by atoms with Crippen LogP contribution in [0.15, 0.2) is 30.0 Å². The van der Waals surface area contributed by atoms with Crippen molar-refractivity contribution >= 4 is 63.7 Å². The van der Waals surface area contributed by atoms with E-state index in [0.717, 1.165) is 17.9 Å². The van der Waals surface area contributed by atoms with E-state index in [4.69, 9.17) is 0 Å². The van der Waals surface area contributed by atoms with Crippen molar-refractivity contribution in [1.82, 2.24) is 0 Å². The summed E-state index contributed by atoms with van der Waals surface area (Å²) in [6.45, 7) is 8.58. The molecule has 0 amide bonds. The summed E-state index contributed by atoms with van der Waals surface area (Å²) in [6, 6.07) is 4.47. The van der Waals surface area contributed by atoms with Crippen molar-refractivity contribution in [2.45, 2.75) is 27.7 Å². The Labute approximate surface area is 153 Å². The van der Waals surface area contributed by atoms with Gasteiger partial charge in [0.1, 0.15) is 0 Å². The maximum Gasteiger partial charge on any atom is 0.0469 e. The smallest absolute Gasteiger partial charge is 0.0469 e. The fourth-order valence-electron chi connectivity index (χ4n) is 2.29. The van der Waals surface area contributed by atoms with Crippen molar-refractivity contribution in [2.75, 3.05) is 0 Å². The highest BCUT2D eigenvalue weighted by Gasteiger charge is 2.19. The van der Waals surface area contributed by atoms with E-state index < -0.39 is 0 Å². The Bertz CT molecular complexity index is 673. The van der Waals surface area contributed by atoms with Gasteiger partial charge in [-0.1, -0.05) is 17.7 Å². The summed E-state index contributed by atoms with van der Waals surface area (Å²) in [5.41, 5.74) is 7.55. The number of hydrogen-bond acceptors (Lipinski definition) is 0. The predicted octanol–water partition coefficient (Wildman–Crippen LogP) is 7.64. The molecule has 0 saturated heterocycles. The van der Waals surface area contributed by atoms with Crippen molar-refractivity contribution in [3.63, 3.8) is 0 Å². The second kappa shape index (κ2) is 6.23. The van der Waals surface area contributed by atoms with Gasteiger partial charge in [-0.3, -0.25) is 0 Å². The molecule has 0 heterocycles. The summed E-state index contributed by atoms with van der Waals surface area (Å²) in [5.74, 6) is 0. The summed E-state index contributed by atoms with van der Waals surface area (Å²) in [5, 5.41) is 0. The lowest BCUT2D eigenvalue weighted by atomic mass is 9.94. The van der Waals surface area contributed by atoms with E-state index in [2.05, 4.69) is 104 Å². The number of rotatable bonds is 1. The summed E-state index contributed by atoms with van der Waals surface area (Å²) in [4.78, 5) is 0. The van der Waals surface area contributed by atoms with Crippen molar-refractivity contribution in [2.24, 2.45) is 0 Å². The zero-order valence-corrected chi connectivity index (χ0v) is 18.0. The Hall–Kier alpha value is 0.360. The molecule has 0 atom stereocenters. The first-order valence-electron chi connectivity index (χ1n) is 6.16. The molecule has 2 rings (SSSR count). The molecule has 0 saturated carbocycles. The van der Waals surface area contributed by atoms with Crippen LogP contribution in [0.3, 0.4) is 0 Å². The topological polar surface area (TPSA) is 0 Å². The number of aryl methyl sites for hydroxylation is 2. The van der Waals surface area contributed by atoms with E-state index in [1.54, 1.807) is 0 Å². The van der Waals surface area contributed by atoms with Gasteiger partial charge in [-0.15, -0.1) is 0 Å². The van der Waals surface area contributed by atoms with Crippen LogP contribution in [0.4, 0.5) is 0 Å². The van der Waals surface area contributed by atoms with Gasteiger partial charge in [-0.2, -0.15) is 0 Å². The summed E-state index contributed by atoms with van der Waals surface area (Å²) in [7, 11) is 0. The normalized spacial score (nSPS) is 11.0. The zero-order valence-electron chi connectivity index (χ0n) is 11.7. The highest BCUT2D eigenvalue weighted by atomic mass is 79.9. The Balaban J connectivity index is 2.91. The van der Waals surface area contributed by atoms with Gasteiger partial charge in [0.2, 0.25) is 0 Å². The van der Waals surface area contributed by atoms with Crippen LogP contribution in [0.25, 0.3) is 11.1 Å². The van der Waals surface area contributed by atoms with Crippen molar-refractivity contribution in [3.05, 3.63) is 52.3 Å². The molecule has 0 aromatic heterocycles. The van der Waals surface area contributed by atoms with E-state index in [1.165, 1.54) is 33.4 Å². The minimum absolute atomic E-state index is 1.05.